The molecule has 5 nitrogen and oxygen atoms in total. The van der Waals surface area contributed by atoms with Gasteiger partial charge in [-0.2, -0.15) is 0 Å². The van der Waals surface area contributed by atoms with Crippen LogP contribution in [-0.2, 0) is 5.75 Å². The molecule has 0 unspecified atom stereocenters. The number of thioether (sulfide) groups is 1. The number of hydrazine groups is 1. The Morgan fingerprint density at radius 2 is 2.50 bits per heavy atom. The summed E-state index contributed by atoms with van der Waals surface area (Å²) in [5.74, 6) is 6.04. The van der Waals surface area contributed by atoms with Gasteiger partial charge in [-0.05, 0) is 0 Å². The van der Waals surface area contributed by atoms with Crippen LogP contribution in [0.1, 0.15) is 5.69 Å². The Balaban J connectivity index is 1.98. The summed E-state index contributed by atoms with van der Waals surface area (Å²) in [5, 5.41) is 6.73. The summed E-state index contributed by atoms with van der Waals surface area (Å²) in [6.45, 7) is 0. The van der Waals surface area contributed by atoms with Gasteiger partial charge in [0.15, 0.2) is 0 Å². The van der Waals surface area contributed by atoms with Crippen molar-refractivity contribution in [3.8, 4) is 0 Å². The first-order valence-electron chi connectivity index (χ1n) is 3.70. The highest BCUT2D eigenvalue weighted by Crippen LogP contribution is 2.27. The van der Waals surface area contributed by atoms with Crippen LogP contribution in [0.3, 0.4) is 0 Å². The summed E-state index contributed by atoms with van der Waals surface area (Å²) in [5.41, 5.74) is 3.44. The molecule has 0 saturated heterocycles. The van der Waals surface area contributed by atoms with E-state index in [-0.39, 0.29) is 0 Å². The monoisotopic (exact) mass is 245 g/mol. The second-order valence-electron chi connectivity index (χ2n) is 2.28. The van der Waals surface area contributed by atoms with Gasteiger partial charge in [0.25, 0.3) is 0 Å². The summed E-state index contributed by atoms with van der Waals surface area (Å²) < 4.78 is 4.84. The SMILES string of the molecule is NNc1snnc1CSc1nccs1. The van der Waals surface area contributed by atoms with Crippen molar-refractivity contribution in [2.75, 3.05) is 5.43 Å². The molecular formula is C6H7N5S3. The van der Waals surface area contributed by atoms with Crippen molar-refractivity contribution in [3.05, 3.63) is 17.3 Å². The Morgan fingerprint density at radius 1 is 1.57 bits per heavy atom. The Labute approximate surface area is 92.9 Å². The Hall–Kier alpha value is -0.700. The summed E-state index contributed by atoms with van der Waals surface area (Å²) >= 11 is 4.50. The average Bonchev–Trinajstić information content (AvgIpc) is 2.85. The Kier molecular flexibility index (Phi) is 3.30. The molecule has 0 aliphatic heterocycles. The molecular weight excluding hydrogens is 238 g/mol. The second-order valence-corrected chi connectivity index (χ2v) is 5.15. The van der Waals surface area contributed by atoms with E-state index in [1.54, 1.807) is 29.3 Å². The van der Waals surface area contributed by atoms with E-state index in [1.165, 1.54) is 11.5 Å². The zero-order valence-corrected chi connectivity index (χ0v) is 9.46. The Bertz CT molecular complexity index is 384. The van der Waals surface area contributed by atoms with Crippen molar-refractivity contribution < 1.29 is 0 Å². The number of hydrogen-bond acceptors (Lipinski definition) is 8. The van der Waals surface area contributed by atoms with Crippen molar-refractivity contribution in [1.29, 1.82) is 0 Å². The zero-order chi connectivity index (χ0) is 9.80. The predicted octanol–water partition coefficient (Wildman–Crippen LogP) is 1.57. The highest BCUT2D eigenvalue weighted by molar-refractivity contribution is 8.00. The minimum Gasteiger partial charge on any atom is -0.313 e. The van der Waals surface area contributed by atoms with Crippen LogP contribution in [0.2, 0.25) is 0 Å². The molecule has 2 rings (SSSR count). The molecule has 14 heavy (non-hydrogen) atoms. The average molecular weight is 245 g/mol. The number of nitrogens with two attached hydrogens (primary N) is 1. The van der Waals surface area contributed by atoms with Gasteiger partial charge in [0, 0.05) is 28.9 Å². The number of nitrogens with zero attached hydrogens (tertiary/aromatic N) is 3. The van der Waals surface area contributed by atoms with Gasteiger partial charge in [-0.3, -0.25) is 0 Å². The lowest BCUT2D eigenvalue weighted by molar-refractivity contribution is 1.07. The third-order valence-corrected chi connectivity index (χ3v) is 4.11. The van der Waals surface area contributed by atoms with Crippen molar-refractivity contribution in [1.82, 2.24) is 14.6 Å². The highest BCUT2D eigenvalue weighted by Gasteiger charge is 2.07. The first kappa shape index (κ1) is 9.84. The van der Waals surface area contributed by atoms with Gasteiger partial charge in [-0.15, -0.1) is 16.4 Å². The zero-order valence-electron chi connectivity index (χ0n) is 7.01. The highest BCUT2D eigenvalue weighted by atomic mass is 32.2. The molecule has 0 fully saturated rings. The van der Waals surface area contributed by atoms with E-state index < -0.39 is 0 Å². The summed E-state index contributed by atoms with van der Waals surface area (Å²) in [6, 6.07) is 0. The maximum absolute atomic E-state index is 5.30. The van der Waals surface area contributed by atoms with Crippen LogP contribution in [0.4, 0.5) is 5.00 Å². The molecule has 8 heteroatoms. The number of aromatic nitrogens is 3. The van der Waals surface area contributed by atoms with Gasteiger partial charge in [0.2, 0.25) is 0 Å². The molecule has 2 aromatic heterocycles. The number of nitrogens with one attached hydrogen (secondary N) is 1. The molecule has 0 amide bonds. The molecule has 0 aromatic carbocycles. The molecule has 0 aliphatic carbocycles. The normalized spacial score (nSPS) is 10.4. The van der Waals surface area contributed by atoms with Gasteiger partial charge in [-0.1, -0.05) is 16.3 Å². The lowest BCUT2D eigenvalue weighted by Crippen LogP contribution is -2.06. The maximum atomic E-state index is 5.30. The number of nitrogen functional groups attached to an aromatic ring is 1. The molecule has 74 valence electrons. The van der Waals surface area contributed by atoms with E-state index in [1.807, 2.05) is 5.38 Å². The first-order valence-corrected chi connectivity index (χ1v) is 6.34. The van der Waals surface area contributed by atoms with Gasteiger partial charge < -0.3 is 5.43 Å². The van der Waals surface area contributed by atoms with Crippen LogP contribution in [-0.4, -0.2) is 14.6 Å². The van der Waals surface area contributed by atoms with Gasteiger partial charge >= 0.3 is 0 Å². The number of thiazole rings is 1. The molecule has 2 heterocycles. The molecule has 2 aromatic rings. The molecule has 3 N–H and O–H groups in total. The smallest absolute Gasteiger partial charge is 0.150 e. The van der Waals surface area contributed by atoms with E-state index in [9.17, 15) is 0 Å². The van der Waals surface area contributed by atoms with Gasteiger partial charge in [0.05, 0.1) is 0 Å². The van der Waals surface area contributed by atoms with Crippen molar-refractivity contribution in [2.45, 2.75) is 10.1 Å². The number of rotatable bonds is 4. The third kappa shape index (κ3) is 2.21. The standard InChI is InChI=1S/C6H7N5S3/c7-9-5-4(10-11-14-5)3-13-6-8-1-2-12-6/h1-2,9H,3,7H2. The van der Waals surface area contributed by atoms with E-state index >= 15 is 0 Å². The molecule has 0 saturated carbocycles. The minimum atomic E-state index is 0.740. The van der Waals surface area contributed by atoms with Crippen molar-refractivity contribution >= 4 is 39.6 Å². The minimum absolute atomic E-state index is 0.740. The van der Waals surface area contributed by atoms with Crippen molar-refractivity contribution in [3.63, 3.8) is 0 Å². The van der Waals surface area contributed by atoms with Crippen LogP contribution >= 0.6 is 34.6 Å². The third-order valence-electron chi connectivity index (χ3n) is 1.43. The molecule has 0 spiro atoms. The number of anilines is 1. The molecule has 0 bridgehead atoms. The number of hydrogen-bond donors (Lipinski definition) is 2. The predicted molar refractivity (Wildman–Crippen MR) is 59.4 cm³/mol. The van der Waals surface area contributed by atoms with Crippen LogP contribution < -0.4 is 11.3 Å². The molecule has 0 aliphatic rings. The van der Waals surface area contributed by atoms with E-state index in [4.69, 9.17) is 5.84 Å². The molecule has 0 atom stereocenters. The second kappa shape index (κ2) is 4.69. The van der Waals surface area contributed by atoms with E-state index in [0.717, 1.165) is 20.8 Å². The molecule has 0 radical (unpaired) electrons. The van der Waals surface area contributed by atoms with E-state index in [2.05, 4.69) is 20.0 Å². The maximum Gasteiger partial charge on any atom is 0.150 e. The largest absolute Gasteiger partial charge is 0.313 e. The lowest BCUT2D eigenvalue weighted by Gasteiger charge is -1.97. The van der Waals surface area contributed by atoms with Crippen molar-refractivity contribution in [2.24, 2.45) is 5.84 Å². The van der Waals surface area contributed by atoms with Gasteiger partial charge in [-0.25, -0.2) is 10.8 Å². The topological polar surface area (TPSA) is 76.7 Å². The quantitative estimate of drug-likeness (QED) is 0.484. The Morgan fingerprint density at radius 3 is 3.21 bits per heavy atom. The summed E-state index contributed by atoms with van der Waals surface area (Å²) in [6.07, 6.45) is 1.79. The van der Waals surface area contributed by atoms with Crippen LogP contribution in [0.15, 0.2) is 15.9 Å². The fraction of sp³-hybridized carbons (Fsp3) is 0.167. The fourth-order valence-electron chi connectivity index (χ4n) is 0.824. The lowest BCUT2D eigenvalue weighted by atomic mass is 10.5. The van der Waals surface area contributed by atoms with Crippen LogP contribution in [0.5, 0.6) is 0 Å². The van der Waals surface area contributed by atoms with E-state index in [0.29, 0.717) is 0 Å². The van der Waals surface area contributed by atoms with Crippen LogP contribution in [0.25, 0.3) is 0 Å². The summed E-state index contributed by atoms with van der Waals surface area (Å²) in [7, 11) is 0. The fourth-order valence-corrected chi connectivity index (χ4v) is 2.98. The first-order chi connectivity index (χ1) is 6.90. The summed E-state index contributed by atoms with van der Waals surface area (Å²) in [4.78, 5) is 4.16. The van der Waals surface area contributed by atoms with Crippen LogP contribution in [0, 0.1) is 0 Å². The van der Waals surface area contributed by atoms with Gasteiger partial charge in [0.1, 0.15) is 15.0 Å².